The summed E-state index contributed by atoms with van der Waals surface area (Å²) in [6.45, 7) is 2.45. The lowest BCUT2D eigenvalue weighted by Gasteiger charge is -2.04. The Morgan fingerprint density at radius 2 is 1.88 bits per heavy atom. The van der Waals surface area contributed by atoms with Crippen molar-refractivity contribution in [2.75, 3.05) is 11.9 Å². The molecular formula is C18H19N4O2+. The second-order valence-corrected chi connectivity index (χ2v) is 5.61. The van der Waals surface area contributed by atoms with Gasteiger partial charge in [0.1, 0.15) is 0 Å². The van der Waals surface area contributed by atoms with Gasteiger partial charge >= 0.3 is 11.9 Å². The van der Waals surface area contributed by atoms with E-state index < -0.39 is 6.03 Å². The average Bonchev–Trinajstić information content (AvgIpc) is 3.05. The van der Waals surface area contributed by atoms with Crippen molar-refractivity contribution in [2.24, 2.45) is 10.3 Å². The van der Waals surface area contributed by atoms with E-state index in [4.69, 9.17) is 4.84 Å². The first kappa shape index (κ1) is 15.9. The smallest absolute Gasteiger partial charge is 0.306 e. The molecule has 0 radical (unpaired) electrons. The molecule has 1 aliphatic heterocycles. The minimum absolute atomic E-state index is 0.150. The zero-order chi connectivity index (χ0) is 16.8. The third-order valence-electron chi connectivity index (χ3n) is 3.68. The summed E-state index contributed by atoms with van der Waals surface area (Å²) in [5.41, 5.74) is 1.92. The number of benzene rings is 2. The fourth-order valence-corrected chi connectivity index (χ4v) is 2.43. The first-order valence-electron chi connectivity index (χ1n) is 7.83. The number of anilines is 1. The molecule has 0 spiro atoms. The number of hydrogen-bond donors (Lipinski definition) is 1. The largest absolute Gasteiger partial charge is 0.348 e. The molecule has 3 rings (SSSR count). The molecule has 2 aromatic carbocycles. The van der Waals surface area contributed by atoms with Gasteiger partial charge in [0.2, 0.25) is 0 Å². The van der Waals surface area contributed by atoms with E-state index in [2.05, 4.69) is 34.6 Å². The number of rotatable bonds is 4. The maximum atomic E-state index is 11.9. The van der Waals surface area contributed by atoms with Gasteiger partial charge in [0.15, 0.2) is 11.3 Å². The Hall–Kier alpha value is -3.02. The monoisotopic (exact) mass is 323 g/mol. The van der Waals surface area contributed by atoms with Crippen molar-refractivity contribution in [1.29, 1.82) is 0 Å². The molecule has 1 N–H and O–H groups in total. The minimum atomic E-state index is -0.469. The van der Waals surface area contributed by atoms with Gasteiger partial charge in [-0.05, 0) is 17.7 Å². The highest BCUT2D eigenvalue weighted by Crippen LogP contribution is 2.10. The number of carbonyl (C=O) groups is 1. The van der Waals surface area contributed by atoms with Crippen molar-refractivity contribution in [3.63, 3.8) is 0 Å². The summed E-state index contributed by atoms with van der Waals surface area (Å²) in [5, 5.41) is 6.68. The zero-order valence-electron chi connectivity index (χ0n) is 13.4. The van der Waals surface area contributed by atoms with Crippen LogP contribution >= 0.6 is 0 Å². The van der Waals surface area contributed by atoms with Gasteiger partial charge < -0.3 is 5.32 Å². The van der Waals surface area contributed by atoms with Gasteiger partial charge in [0.25, 0.3) is 6.54 Å². The van der Waals surface area contributed by atoms with Gasteiger partial charge in [-0.25, -0.2) is 4.79 Å². The summed E-state index contributed by atoms with van der Waals surface area (Å²) in [6.07, 6.45) is 0.844. The molecule has 0 fully saturated rings. The SMILES string of the molecule is CC(Cc1ccccc1)[N+]1=NOC(=NC(=O)Nc2ccccc2)C1. The predicted octanol–water partition coefficient (Wildman–Crippen LogP) is 3.66. The summed E-state index contributed by atoms with van der Waals surface area (Å²) < 4.78 is 1.79. The molecule has 1 heterocycles. The molecule has 0 bridgehead atoms. The number of hydrogen-bond acceptors (Lipinski definition) is 3. The third kappa shape index (κ3) is 4.25. The quantitative estimate of drug-likeness (QED) is 0.873. The number of para-hydroxylation sites is 1. The van der Waals surface area contributed by atoms with Crippen LogP contribution in [0.25, 0.3) is 0 Å². The summed E-state index contributed by atoms with van der Waals surface area (Å²) in [5.74, 6) is 0.295. The average molecular weight is 323 g/mol. The second kappa shape index (κ2) is 7.50. The molecule has 6 heteroatoms. The van der Waals surface area contributed by atoms with E-state index in [0.717, 1.165) is 6.42 Å². The lowest BCUT2D eigenvalue weighted by Crippen LogP contribution is -2.25. The van der Waals surface area contributed by atoms with Gasteiger partial charge in [0, 0.05) is 19.0 Å². The Morgan fingerprint density at radius 1 is 1.21 bits per heavy atom. The highest BCUT2D eigenvalue weighted by molar-refractivity contribution is 5.98. The van der Waals surface area contributed by atoms with Crippen LogP contribution < -0.4 is 5.32 Å². The molecular weight excluding hydrogens is 304 g/mol. The van der Waals surface area contributed by atoms with Crippen molar-refractivity contribution in [2.45, 2.75) is 19.4 Å². The first-order chi connectivity index (χ1) is 11.7. The van der Waals surface area contributed by atoms with Gasteiger partial charge in [-0.1, -0.05) is 53.2 Å². The standard InChI is InChI=1S/C18H18N4O2/c1-14(12-15-8-4-2-5-9-15)22-13-17(24-21-22)20-18(23)19-16-10-6-3-7-11-16/h2-11,14H,12-13H2,1H3/p+1. The molecule has 0 saturated carbocycles. The predicted molar refractivity (Wildman–Crippen MR) is 91.1 cm³/mol. The molecule has 24 heavy (non-hydrogen) atoms. The molecule has 0 aromatic heterocycles. The highest BCUT2D eigenvalue weighted by Gasteiger charge is 2.29. The van der Waals surface area contributed by atoms with Gasteiger partial charge in [-0.2, -0.15) is 4.99 Å². The molecule has 0 saturated heterocycles. The highest BCUT2D eigenvalue weighted by atomic mass is 16.7. The molecule has 1 unspecified atom stereocenters. The van der Waals surface area contributed by atoms with Crippen LogP contribution in [0.4, 0.5) is 10.5 Å². The molecule has 6 nitrogen and oxygen atoms in total. The van der Waals surface area contributed by atoms with Crippen LogP contribution in [0.2, 0.25) is 0 Å². The van der Waals surface area contributed by atoms with E-state index in [-0.39, 0.29) is 6.04 Å². The first-order valence-corrected chi connectivity index (χ1v) is 7.83. The summed E-state index contributed by atoms with van der Waals surface area (Å²) >= 11 is 0. The van der Waals surface area contributed by atoms with Crippen molar-refractivity contribution in [3.05, 3.63) is 66.2 Å². The zero-order valence-corrected chi connectivity index (χ0v) is 13.4. The number of urea groups is 1. The number of nitrogens with zero attached hydrogens (tertiary/aromatic N) is 3. The maximum absolute atomic E-state index is 11.9. The molecule has 1 atom stereocenters. The Labute approximate surface area is 140 Å². The molecule has 2 amide bonds. The molecule has 0 aliphatic carbocycles. The second-order valence-electron chi connectivity index (χ2n) is 5.61. The van der Waals surface area contributed by atoms with Crippen molar-refractivity contribution in [3.8, 4) is 0 Å². The Kier molecular flexibility index (Phi) is 4.96. The topological polar surface area (TPSA) is 66.1 Å². The molecule has 2 aromatic rings. The number of amides is 2. The minimum Gasteiger partial charge on any atom is -0.306 e. The lowest BCUT2D eigenvalue weighted by atomic mass is 10.1. The van der Waals surface area contributed by atoms with Crippen molar-refractivity contribution in [1.82, 2.24) is 0 Å². The number of aliphatic imine (C=N–C) groups is 1. The summed E-state index contributed by atoms with van der Waals surface area (Å²) in [4.78, 5) is 21.0. The molecule has 122 valence electrons. The van der Waals surface area contributed by atoms with Gasteiger partial charge in [0.05, 0.1) is 0 Å². The fourth-order valence-electron chi connectivity index (χ4n) is 2.43. The van der Waals surface area contributed by atoms with E-state index in [9.17, 15) is 4.79 Å². The van der Waals surface area contributed by atoms with E-state index in [1.807, 2.05) is 36.4 Å². The molecule has 1 aliphatic rings. The van der Waals surface area contributed by atoms with Crippen LogP contribution in [0.3, 0.4) is 0 Å². The van der Waals surface area contributed by atoms with Crippen LogP contribution in [0.15, 0.2) is 70.9 Å². The Morgan fingerprint density at radius 3 is 2.58 bits per heavy atom. The van der Waals surface area contributed by atoms with Crippen molar-refractivity contribution >= 4 is 17.6 Å². The van der Waals surface area contributed by atoms with E-state index in [1.165, 1.54) is 5.56 Å². The van der Waals surface area contributed by atoms with Crippen molar-refractivity contribution < 1.29 is 14.3 Å². The van der Waals surface area contributed by atoms with Crippen LogP contribution in [0.1, 0.15) is 12.5 Å². The Bertz CT molecular complexity index is 757. The normalized spacial score (nSPS) is 16.4. The number of nitrogens with one attached hydrogen (secondary N) is 1. The van der Waals surface area contributed by atoms with Crippen LogP contribution in [0.5, 0.6) is 0 Å². The van der Waals surface area contributed by atoms with Gasteiger partial charge in [-0.3, -0.25) is 4.84 Å². The van der Waals surface area contributed by atoms with E-state index in [1.54, 1.807) is 16.8 Å². The van der Waals surface area contributed by atoms with Crippen LogP contribution in [0, 0.1) is 0 Å². The maximum Gasteiger partial charge on any atom is 0.348 e. The lowest BCUT2D eigenvalue weighted by molar-refractivity contribution is -0.616. The van der Waals surface area contributed by atoms with Crippen LogP contribution in [-0.2, 0) is 11.3 Å². The van der Waals surface area contributed by atoms with E-state index >= 15 is 0 Å². The van der Waals surface area contributed by atoms with E-state index in [0.29, 0.717) is 18.1 Å². The summed E-state index contributed by atoms with van der Waals surface area (Å²) in [6, 6.07) is 19.0. The third-order valence-corrected chi connectivity index (χ3v) is 3.68. The van der Waals surface area contributed by atoms with Crippen LogP contribution in [-0.4, -0.2) is 29.2 Å². The number of carbonyl (C=O) groups excluding carboxylic acids is 1. The summed E-state index contributed by atoms with van der Waals surface area (Å²) in [7, 11) is 0. The Balaban J connectivity index is 1.55. The van der Waals surface area contributed by atoms with Gasteiger partial charge in [-0.15, -0.1) is 0 Å². The fraction of sp³-hybridized carbons (Fsp3) is 0.222.